The minimum Gasteiger partial charge on any atom is -0.312 e. The van der Waals surface area contributed by atoms with Gasteiger partial charge in [-0.25, -0.2) is 0 Å². The van der Waals surface area contributed by atoms with Crippen LogP contribution in [-0.4, -0.2) is 55.6 Å². The first-order chi connectivity index (χ1) is 9.70. The molecule has 1 aliphatic rings. The van der Waals surface area contributed by atoms with Crippen LogP contribution in [-0.2, 0) is 0 Å². The SMILES string of the molecule is C=CCN(C)C[C@@H](c1ccccc1)N1CCN[C@H](C)C1. The molecule has 0 unspecified atom stereocenters. The van der Waals surface area contributed by atoms with E-state index in [4.69, 9.17) is 0 Å². The fourth-order valence-electron chi connectivity index (χ4n) is 2.94. The van der Waals surface area contributed by atoms with E-state index in [0.29, 0.717) is 12.1 Å². The van der Waals surface area contributed by atoms with Crippen LogP contribution in [0.15, 0.2) is 43.0 Å². The van der Waals surface area contributed by atoms with Gasteiger partial charge >= 0.3 is 0 Å². The van der Waals surface area contributed by atoms with Crippen LogP contribution in [0.2, 0.25) is 0 Å². The molecule has 20 heavy (non-hydrogen) atoms. The van der Waals surface area contributed by atoms with Crippen LogP contribution < -0.4 is 5.32 Å². The molecule has 0 aromatic heterocycles. The molecular weight excluding hydrogens is 246 g/mol. The van der Waals surface area contributed by atoms with Gasteiger partial charge < -0.3 is 10.2 Å². The van der Waals surface area contributed by atoms with Crippen molar-refractivity contribution in [2.24, 2.45) is 0 Å². The minimum absolute atomic E-state index is 0.464. The molecule has 1 saturated heterocycles. The van der Waals surface area contributed by atoms with Gasteiger partial charge in [0.05, 0.1) is 0 Å². The number of benzene rings is 1. The maximum atomic E-state index is 3.84. The summed E-state index contributed by atoms with van der Waals surface area (Å²) in [5.41, 5.74) is 1.41. The Morgan fingerprint density at radius 2 is 2.20 bits per heavy atom. The zero-order valence-corrected chi connectivity index (χ0v) is 12.8. The zero-order valence-electron chi connectivity index (χ0n) is 12.8. The van der Waals surface area contributed by atoms with E-state index in [1.165, 1.54) is 5.56 Å². The molecule has 0 spiro atoms. The second-order valence-corrected chi connectivity index (χ2v) is 5.79. The van der Waals surface area contributed by atoms with Crippen molar-refractivity contribution in [3.8, 4) is 0 Å². The summed E-state index contributed by atoms with van der Waals surface area (Å²) in [6, 6.07) is 11.9. The average molecular weight is 273 g/mol. The average Bonchev–Trinajstić information content (AvgIpc) is 2.46. The topological polar surface area (TPSA) is 18.5 Å². The van der Waals surface area contributed by atoms with E-state index in [1.807, 2.05) is 6.08 Å². The molecule has 1 heterocycles. The molecule has 1 N–H and O–H groups in total. The number of nitrogens with one attached hydrogen (secondary N) is 1. The molecule has 0 radical (unpaired) electrons. The second kappa shape index (κ2) is 7.58. The summed E-state index contributed by atoms with van der Waals surface area (Å²) in [4.78, 5) is 4.95. The van der Waals surface area contributed by atoms with Crippen molar-refractivity contribution in [1.29, 1.82) is 0 Å². The molecule has 110 valence electrons. The van der Waals surface area contributed by atoms with Crippen LogP contribution in [0.1, 0.15) is 18.5 Å². The number of nitrogens with zero attached hydrogens (tertiary/aromatic N) is 2. The standard InChI is InChI=1S/C17H27N3/c1-4-11-19(3)14-17(16-8-6-5-7-9-16)20-12-10-18-15(2)13-20/h4-9,15,17-18H,1,10-14H2,2-3H3/t15-,17+/m1/s1. The number of piperazine rings is 1. The fraction of sp³-hybridized carbons (Fsp3) is 0.529. The van der Waals surface area contributed by atoms with Crippen LogP contribution in [0.4, 0.5) is 0 Å². The van der Waals surface area contributed by atoms with Gasteiger partial charge in [0.1, 0.15) is 0 Å². The maximum Gasteiger partial charge on any atom is 0.0476 e. The highest BCUT2D eigenvalue weighted by Crippen LogP contribution is 2.22. The highest BCUT2D eigenvalue weighted by molar-refractivity contribution is 5.20. The molecule has 1 fully saturated rings. The third kappa shape index (κ3) is 4.17. The van der Waals surface area contributed by atoms with Crippen molar-refractivity contribution in [2.45, 2.75) is 19.0 Å². The van der Waals surface area contributed by atoms with Crippen molar-refractivity contribution < 1.29 is 0 Å². The molecule has 0 amide bonds. The van der Waals surface area contributed by atoms with Crippen LogP contribution in [0.25, 0.3) is 0 Å². The van der Waals surface area contributed by atoms with Gasteiger partial charge in [-0.15, -0.1) is 6.58 Å². The predicted molar refractivity (Wildman–Crippen MR) is 85.9 cm³/mol. The maximum absolute atomic E-state index is 3.84. The normalized spacial score (nSPS) is 21.9. The van der Waals surface area contributed by atoms with Gasteiger partial charge in [0.25, 0.3) is 0 Å². The quantitative estimate of drug-likeness (QED) is 0.801. The van der Waals surface area contributed by atoms with Crippen molar-refractivity contribution >= 4 is 0 Å². The molecule has 1 aliphatic heterocycles. The Morgan fingerprint density at radius 3 is 2.85 bits per heavy atom. The van der Waals surface area contributed by atoms with E-state index >= 15 is 0 Å². The lowest BCUT2D eigenvalue weighted by atomic mass is 10.0. The lowest BCUT2D eigenvalue weighted by molar-refractivity contribution is 0.121. The van der Waals surface area contributed by atoms with Gasteiger partial charge in [0.2, 0.25) is 0 Å². The summed E-state index contributed by atoms with van der Waals surface area (Å²) >= 11 is 0. The van der Waals surface area contributed by atoms with E-state index in [1.54, 1.807) is 0 Å². The lowest BCUT2D eigenvalue weighted by Crippen LogP contribution is -2.52. The molecule has 2 rings (SSSR count). The third-order valence-electron chi connectivity index (χ3n) is 3.95. The molecule has 0 saturated carbocycles. The summed E-state index contributed by atoms with van der Waals surface area (Å²) in [5.74, 6) is 0. The number of likely N-dealkylation sites (N-methyl/N-ethyl adjacent to an activating group) is 1. The molecule has 3 nitrogen and oxygen atoms in total. The first-order valence-electron chi connectivity index (χ1n) is 7.52. The van der Waals surface area contributed by atoms with Gasteiger partial charge in [0, 0.05) is 44.8 Å². The summed E-state index contributed by atoms with van der Waals surface area (Å²) in [7, 11) is 2.17. The van der Waals surface area contributed by atoms with E-state index in [0.717, 1.165) is 32.7 Å². The summed E-state index contributed by atoms with van der Waals surface area (Å²) in [5, 5.41) is 3.53. The van der Waals surface area contributed by atoms with Crippen molar-refractivity contribution in [2.75, 3.05) is 39.8 Å². The van der Waals surface area contributed by atoms with Crippen LogP contribution in [0.5, 0.6) is 0 Å². The van der Waals surface area contributed by atoms with Gasteiger partial charge in [-0.1, -0.05) is 36.4 Å². The second-order valence-electron chi connectivity index (χ2n) is 5.79. The summed E-state index contributed by atoms with van der Waals surface area (Å²) in [6.07, 6.45) is 1.97. The predicted octanol–water partition coefficient (Wildman–Crippen LogP) is 2.14. The number of rotatable bonds is 6. The highest BCUT2D eigenvalue weighted by atomic mass is 15.3. The first kappa shape index (κ1) is 15.2. The molecule has 0 aliphatic carbocycles. The Balaban J connectivity index is 2.13. The molecule has 0 bridgehead atoms. The van der Waals surface area contributed by atoms with Crippen LogP contribution in [0.3, 0.4) is 0 Å². The van der Waals surface area contributed by atoms with Crippen LogP contribution in [0, 0.1) is 0 Å². The Morgan fingerprint density at radius 1 is 1.45 bits per heavy atom. The molecular formula is C17H27N3. The Labute approximate surface area is 123 Å². The first-order valence-corrected chi connectivity index (χ1v) is 7.52. The third-order valence-corrected chi connectivity index (χ3v) is 3.95. The smallest absolute Gasteiger partial charge is 0.0476 e. The Kier molecular flexibility index (Phi) is 5.77. The van der Waals surface area contributed by atoms with E-state index in [2.05, 4.69) is 66.0 Å². The van der Waals surface area contributed by atoms with Crippen molar-refractivity contribution in [3.05, 3.63) is 48.6 Å². The fourth-order valence-corrected chi connectivity index (χ4v) is 2.94. The molecule has 2 atom stereocenters. The minimum atomic E-state index is 0.464. The Bertz CT molecular complexity index is 404. The van der Waals surface area contributed by atoms with Crippen molar-refractivity contribution in [1.82, 2.24) is 15.1 Å². The number of hydrogen-bond donors (Lipinski definition) is 1. The van der Waals surface area contributed by atoms with Gasteiger partial charge in [-0.2, -0.15) is 0 Å². The molecule has 3 heteroatoms. The molecule has 1 aromatic carbocycles. The summed E-state index contributed by atoms with van der Waals surface area (Å²) in [6.45, 7) is 11.4. The van der Waals surface area contributed by atoms with Gasteiger partial charge in [-0.05, 0) is 19.5 Å². The van der Waals surface area contributed by atoms with E-state index in [-0.39, 0.29) is 0 Å². The van der Waals surface area contributed by atoms with Gasteiger partial charge in [0.15, 0.2) is 0 Å². The monoisotopic (exact) mass is 273 g/mol. The van der Waals surface area contributed by atoms with Gasteiger partial charge in [-0.3, -0.25) is 4.90 Å². The Hall–Kier alpha value is -1.16. The van der Waals surface area contributed by atoms with Crippen molar-refractivity contribution in [3.63, 3.8) is 0 Å². The van der Waals surface area contributed by atoms with E-state index in [9.17, 15) is 0 Å². The summed E-state index contributed by atoms with van der Waals surface area (Å²) < 4.78 is 0. The molecule has 1 aromatic rings. The highest BCUT2D eigenvalue weighted by Gasteiger charge is 2.25. The number of hydrogen-bond acceptors (Lipinski definition) is 3. The zero-order chi connectivity index (χ0) is 14.4. The van der Waals surface area contributed by atoms with E-state index < -0.39 is 0 Å². The van der Waals surface area contributed by atoms with Crippen LogP contribution >= 0.6 is 0 Å². The largest absolute Gasteiger partial charge is 0.312 e. The lowest BCUT2D eigenvalue weighted by Gasteiger charge is -2.39.